The SMILES string of the molecule is COc1cccc(C(=O)Cn2c(=O)n(CC3CCC(C(=O)NCCc4ccccc4)CC3)c(=O)c3ccccc32)c1. The molecule has 0 spiro atoms. The van der Waals surface area contributed by atoms with Crippen LogP contribution in [-0.2, 0) is 24.3 Å². The number of nitrogens with zero attached hydrogens (tertiary/aromatic N) is 2. The Morgan fingerprint density at radius 2 is 1.61 bits per heavy atom. The number of amides is 1. The molecule has 8 nitrogen and oxygen atoms in total. The lowest BCUT2D eigenvalue weighted by atomic mass is 9.81. The molecular weight excluding hydrogens is 518 g/mol. The van der Waals surface area contributed by atoms with Crippen molar-refractivity contribution < 1.29 is 14.3 Å². The smallest absolute Gasteiger partial charge is 0.331 e. The molecule has 4 aromatic rings. The van der Waals surface area contributed by atoms with Gasteiger partial charge < -0.3 is 10.1 Å². The van der Waals surface area contributed by atoms with Crippen LogP contribution in [0.5, 0.6) is 5.75 Å². The Balaban J connectivity index is 1.28. The number of hydrogen-bond acceptors (Lipinski definition) is 5. The number of nitrogens with one attached hydrogen (secondary N) is 1. The van der Waals surface area contributed by atoms with Gasteiger partial charge in [0, 0.05) is 24.6 Å². The summed E-state index contributed by atoms with van der Waals surface area (Å²) in [4.78, 5) is 53.0. The predicted octanol–water partition coefficient (Wildman–Crippen LogP) is 4.22. The van der Waals surface area contributed by atoms with E-state index >= 15 is 0 Å². The number of hydrogen-bond donors (Lipinski definition) is 1. The maximum atomic E-state index is 13.7. The van der Waals surface area contributed by atoms with E-state index in [1.54, 1.807) is 48.5 Å². The number of ketones is 1. The van der Waals surface area contributed by atoms with E-state index < -0.39 is 5.69 Å². The molecule has 1 fully saturated rings. The minimum absolute atomic E-state index is 0.0625. The molecule has 0 saturated heterocycles. The van der Waals surface area contributed by atoms with E-state index in [1.165, 1.54) is 21.8 Å². The van der Waals surface area contributed by atoms with Gasteiger partial charge in [-0.15, -0.1) is 0 Å². The van der Waals surface area contributed by atoms with Gasteiger partial charge in [-0.2, -0.15) is 0 Å². The van der Waals surface area contributed by atoms with Gasteiger partial charge in [-0.1, -0.05) is 54.6 Å². The first-order valence-corrected chi connectivity index (χ1v) is 14.2. The number of Topliss-reactive ketones (excluding diaryl/α,β-unsaturated/α-hetero) is 1. The molecule has 3 aromatic carbocycles. The lowest BCUT2D eigenvalue weighted by Crippen LogP contribution is -2.43. The number of carbonyl (C=O) groups is 2. The van der Waals surface area contributed by atoms with Crippen LogP contribution in [0, 0.1) is 11.8 Å². The van der Waals surface area contributed by atoms with Crippen LogP contribution in [0.2, 0.25) is 0 Å². The van der Waals surface area contributed by atoms with Crippen molar-refractivity contribution in [1.82, 2.24) is 14.5 Å². The molecule has 5 rings (SSSR count). The maximum Gasteiger partial charge on any atom is 0.331 e. The molecule has 0 unspecified atom stereocenters. The third-order valence-electron chi connectivity index (χ3n) is 8.04. The van der Waals surface area contributed by atoms with Gasteiger partial charge in [0.25, 0.3) is 5.56 Å². The summed E-state index contributed by atoms with van der Waals surface area (Å²) < 4.78 is 7.90. The summed E-state index contributed by atoms with van der Waals surface area (Å²) in [5, 5.41) is 3.46. The standard InChI is InChI=1S/C33H35N3O5/c1-41-27-11-7-10-26(20-27)30(37)22-35-29-13-6-5-12-28(29)32(39)36(33(35)40)21-24-14-16-25(17-15-24)31(38)34-19-18-23-8-3-2-4-9-23/h2-13,20,24-25H,14-19,21-22H2,1H3,(H,34,38). The first-order chi connectivity index (χ1) is 19.9. The van der Waals surface area contributed by atoms with Crippen molar-refractivity contribution in [3.8, 4) is 5.75 Å². The molecule has 0 aliphatic heterocycles. The molecule has 1 amide bonds. The van der Waals surface area contributed by atoms with Gasteiger partial charge in [-0.3, -0.25) is 23.5 Å². The first kappa shape index (κ1) is 28.1. The second kappa shape index (κ2) is 12.8. The van der Waals surface area contributed by atoms with Gasteiger partial charge in [-0.05, 0) is 67.9 Å². The van der Waals surface area contributed by atoms with Crippen molar-refractivity contribution in [2.75, 3.05) is 13.7 Å². The Labute approximate surface area is 238 Å². The van der Waals surface area contributed by atoms with Crippen molar-refractivity contribution in [3.63, 3.8) is 0 Å². The van der Waals surface area contributed by atoms with Crippen molar-refractivity contribution in [2.45, 2.75) is 45.2 Å². The van der Waals surface area contributed by atoms with Crippen LogP contribution >= 0.6 is 0 Å². The van der Waals surface area contributed by atoms with Crippen molar-refractivity contribution in [2.24, 2.45) is 11.8 Å². The highest BCUT2D eigenvalue weighted by molar-refractivity contribution is 5.97. The molecule has 0 bridgehead atoms. The first-order valence-electron chi connectivity index (χ1n) is 14.2. The highest BCUT2D eigenvalue weighted by atomic mass is 16.5. The van der Waals surface area contributed by atoms with E-state index in [0.717, 1.165) is 19.3 Å². The van der Waals surface area contributed by atoms with Crippen LogP contribution in [-0.4, -0.2) is 34.5 Å². The third-order valence-corrected chi connectivity index (χ3v) is 8.04. The van der Waals surface area contributed by atoms with E-state index in [0.29, 0.717) is 41.6 Å². The predicted molar refractivity (Wildman–Crippen MR) is 158 cm³/mol. The summed E-state index contributed by atoms with van der Waals surface area (Å²) in [7, 11) is 1.53. The van der Waals surface area contributed by atoms with E-state index in [1.807, 2.05) is 18.2 Å². The van der Waals surface area contributed by atoms with Crippen molar-refractivity contribution in [1.29, 1.82) is 0 Å². The summed E-state index contributed by atoms with van der Waals surface area (Å²) in [5.74, 6) is 0.407. The van der Waals surface area contributed by atoms with Crippen LogP contribution in [0.1, 0.15) is 41.6 Å². The zero-order valence-electron chi connectivity index (χ0n) is 23.3. The zero-order chi connectivity index (χ0) is 28.8. The molecule has 1 aromatic heterocycles. The number of carbonyl (C=O) groups excluding carboxylic acids is 2. The number of methoxy groups -OCH3 is 1. The number of fused-ring (bicyclic) bond motifs is 1. The molecule has 0 radical (unpaired) electrons. The monoisotopic (exact) mass is 553 g/mol. The number of benzene rings is 3. The Morgan fingerprint density at radius 3 is 2.37 bits per heavy atom. The fourth-order valence-corrected chi connectivity index (χ4v) is 5.70. The fourth-order valence-electron chi connectivity index (χ4n) is 5.70. The topological polar surface area (TPSA) is 99.4 Å². The third kappa shape index (κ3) is 6.48. The highest BCUT2D eigenvalue weighted by Gasteiger charge is 2.27. The Hall–Kier alpha value is -4.46. The molecule has 41 heavy (non-hydrogen) atoms. The molecule has 1 heterocycles. The van der Waals surface area contributed by atoms with Gasteiger partial charge in [0.1, 0.15) is 5.75 Å². The Kier molecular flexibility index (Phi) is 8.77. The largest absolute Gasteiger partial charge is 0.497 e. The molecule has 1 N–H and O–H groups in total. The summed E-state index contributed by atoms with van der Waals surface area (Å²) >= 11 is 0. The molecule has 212 valence electrons. The Bertz CT molecular complexity index is 1650. The van der Waals surface area contributed by atoms with Gasteiger partial charge in [-0.25, -0.2) is 4.79 Å². The quantitative estimate of drug-likeness (QED) is 0.297. The van der Waals surface area contributed by atoms with Crippen LogP contribution < -0.4 is 21.3 Å². The molecule has 0 atom stereocenters. The second-order valence-corrected chi connectivity index (χ2v) is 10.7. The van der Waals surface area contributed by atoms with Crippen molar-refractivity contribution >= 4 is 22.6 Å². The van der Waals surface area contributed by atoms with Gasteiger partial charge in [0.05, 0.1) is 24.6 Å². The summed E-state index contributed by atoms with van der Waals surface area (Å²) in [6.07, 6.45) is 3.72. The van der Waals surface area contributed by atoms with E-state index in [-0.39, 0.29) is 42.2 Å². The molecule has 1 aliphatic carbocycles. The minimum Gasteiger partial charge on any atom is -0.497 e. The molecule has 8 heteroatoms. The molecular formula is C33H35N3O5. The lowest BCUT2D eigenvalue weighted by molar-refractivity contribution is -0.126. The van der Waals surface area contributed by atoms with Crippen LogP contribution in [0.3, 0.4) is 0 Å². The lowest BCUT2D eigenvalue weighted by Gasteiger charge is -2.28. The van der Waals surface area contributed by atoms with E-state index in [4.69, 9.17) is 4.74 Å². The van der Waals surface area contributed by atoms with Crippen LogP contribution in [0.25, 0.3) is 10.9 Å². The normalized spacial score (nSPS) is 16.8. The average Bonchev–Trinajstić information content (AvgIpc) is 3.02. The number of para-hydroxylation sites is 1. The summed E-state index contributed by atoms with van der Waals surface area (Å²) in [6, 6.07) is 23.8. The summed E-state index contributed by atoms with van der Waals surface area (Å²) in [5.41, 5.74) is 1.21. The van der Waals surface area contributed by atoms with Gasteiger partial charge in [0.2, 0.25) is 5.91 Å². The highest BCUT2D eigenvalue weighted by Crippen LogP contribution is 2.29. The fraction of sp³-hybridized carbons (Fsp3) is 0.333. The number of rotatable bonds is 10. The second-order valence-electron chi connectivity index (χ2n) is 10.7. The van der Waals surface area contributed by atoms with Crippen molar-refractivity contribution in [3.05, 3.63) is 111 Å². The Morgan fingerprint density at radius 1 is 0.878 bits per heavy atom. The van der Waals surface area contributed by atoms with Gasteiger partial charge in [0.15, 0.2) is 5.78 Å². The minimum atomic E-state index is -0.495. The van der Waals surface area contributed by atoms with Crippen LogP contribution in [0.4, 0.5) is 0 Å². The average molecular weight is 554 g/mol. The number of ether oxygens (including phenoxy) is 1. The van der Waals surface area contributed by atoms with E-state index in [9.17, 15) is 19.2 Å². The molecule has 1 aliphatic rings. The van der Waals surface area contributed by atoms with Crippen LogP contribution in [0.15, 0.2) is 88.5 Å². The van der Waals surface area contributed by atoms with Gasteiger partial charge >= 0.3 is 5.69 Å². The zero-order valence-corrected chi connectivity index (χ0v) is 23.3. The maximum absolute atomic E-state index is 13.7. The van der Waals surface area contributed by atoms with E-state index in [2.05, 4.69) is 17.4 Å². The molecule has 1 saturated carbocycles. The summed E-state index contributed by atoms with van der Waals surface area (Å²) in [6.45, 7) is 0.671. The number of aromatic nitrogens is 2.